The van der Waals surface area contributed by atoms with Crippen molar-refractivity contribution in [2.24, 2.45) is 12.2 Å². The summed E-state index contributed by atoms with van der Waals surface area (Å²) in [7, 11) is 1.75. The molecule has 1 aliphatic rings. The summed E-state index contributed by atoms with van der Waals surface area (Å²) in [6.45, 7) is 3.50. The van der Waals surface area contributed by atoms with Crippen molar-refractivity contribution >= 4 is 17.4 Å². The number of hydrogen-bond acceptors (Lipinski definition) is 4. The molecule has 7 heteroatoms. The molecular formula is C16H17FN4O2. The van der Waals surface area contributed by atoms with Crippen LogP contribution in [-0.2, 0) is 16.7 Å². The van der Waals surface area contributed by atoms with Gasteiger partial charge in [0.15, 0.2) is 0 Å². The molecule has 0 bridgehead atoms. The summed E-state index contributed by atoms with van der Waals surface area (Å²) in [6.07, 6.45) is 0.263. The zero-order valence-electron chi connectivity index (χ0n) is 13.1. The summed E-state index contributed by atoms with van der Waals surface area (Å²) in [4.78, 5) is 17.9. The SMILES string of the molecule is Cc1cc(NC(=O)[C@]2(C)CC(c3cccc(F)c3)=NO2)n(C)n1. The van der Waals surface area contributed by atoms with E-state index in [1.165, 1.54) is 12.1 Å². The molecule has 0 saturated heterocycles. The molecule has 1 N–H and O–H groups in total. The number of carbonyl (C=O) groups is 1. The second kappa shape index (κ2) is 5.49. The molecule has 1 aromatic carbocycles. The molecule has 0 radical (unpaired) electrons. The average molecular weight is 316 g/mol. The first-order valence-corrected chi connectivity index (χ1v) is 7.20. The van der Waals surface area contributed by atoms with Crippen LogP contribution in [0.15, 0.2) is 35.5 Å². The van der Waals surface area contributed by atoms with Crippen molar-refractivity contribution in [3.8, 4) is 0 Å². The lowest BCUT2D eigenvalue weighted by Crippen LogP contribution is -2.40. The largest absolute Gasteiger partial charge is 0.379 e. The van der Waals surface area contributed by atoms with Gasteiger partial charge in [-0.3, -0.25) is 9.48 Å². The lowest BCUT2D eigenvalue weighted by atomic mass is 9.95. The highest BCUT2D eigenvalue weighted by Crippen LogP contribution is 2.28. The Balaban J connectivity index is 1.74. The van der Waals surface area contributed by atoms with E-state index in [1.54, 1.807) is 36.9 Å². The summed E-state index contributed by atoms with van der Waals surface area (Å²) in [5.41, 5.74) is 0.818. The molecule has 6 nitrogen and oxygen atoms in total. The number of rotatable bonds is 3. The molecule has 0 spiro atoms. The Hall–Kier alpha value is -2.70. The molecule has 1 amide bonds. The molecule has 2 aromatic rings. The molecule has 0 fully saturated rings. The van der Waals surface area contributed by atoms with E-state index in [4.69, 9.17) is 4.84 Å². The van der Waals surface area contributed by atoms with Crippen LogP contribution in [0.5, 0.6) is 0 Å². The summed E-state index contributed by atoms with van der Waals surface area (Å²) in [6, 6.07) is 7.83. The van der Waals surface area contributed by atoms with Crippen molar-refractivity contribution in [3.63, 3.8) is 0 Å². The number of hydrogen-bond donors (Lipinski definition) is 1. The van der Waals surface area contributed by atoms with E-state index < -0.39 is 5.60 Å². The van der Waals surface area contributed by atoms with Crippen LogP contribution in [0.4, 0.5) is 10.2 Å². The number of benzene rings is 1. The van der Waals surface area contributed by atoms with E-state index in [-0.39, 0.29) is 18.1 Å². The van der Waals surface area contributed by atoms with Crippen molar-refractivity contribution < 1.29 is 14.0 Å². The minimum atomic E-state index is -1.14. The van der Waals surface area contributed by atoms with E-state index in [0.717, 1.165) is 5.69 Å². The number of carbonyl (C=O) groups excluding carboxylic acids is 1. The fourth-order valence-electron chi connectivity index (χ4n) is 2.46. The van der Waals surface area contributed by atoms with Gasteiger partial charge in [0.2, 0.25) is 5.60 Å². The van der Waals surface area contributed by atoms with Crippen LogP contribution in [0, 0.1) is 12.7 Å². The van der Waals surface area contributed by atoms with Crippen LogP contribution in [0.2, 0.25) is 0 Å². The van der Waals surface area contributed by atoms with Crippen molar-refractivity contribution in [1.29, 1.82) is 0 Å². The maximum atomic E-state index is 13.3. The van der Waals surface area contributed by atoms with Crippen LogP contribution in [0.3, 0.4) is 0 Å². The van der Waals surface area contributed by atoms with Crippen molar-refractivity contribution in [3.05, 3.63) is 47.4 Å². The van der Waals surface area contributed by atoms with Crippen LogP contribution in [0.25, 0.3) is 0 Å². The number of aryl methyl sites for hydroxylation is 2. The van der Waals surface area contributed by atoms with Crippen molar-refractivity contribution in [1.82, 2.24) is 9.78 Å². The third-order valence-corrected chi connectivity index (χ3v) is 3.74. The highest BCUT2D eigenvalue weighted by Gasteiger charge is 2.42. The summed E-state index contributed by atoms with van der Waals surface area (Å²) in [5, 5.41) is 10.9. The van der Waals surface area contributed by atoms with Gasteiger partial charge in [-0.2, -0.15) is 5.10 Å². The van der Waals surface area contributed by atoms with E-state index in [9.17, 15) is 9.18 Å². The molecule has 120 valence electrons. The fraction of sp³-hybridized carbons (Fsp3) is 0.312. The van der Waals surface area contributed by atoms with Gasteiger partial charge in [0.25, 0.3) is 5.91 Å². The second-order valence-corrected chi connectivity index (χ2v) is 5.80. The Bertz CT molecular complexity index is 799. The molecule has 0 saturated carbocycles. The number of nitrogens with zero attached hydrogens (tertiary/aromatic N) is 3. The normalized spacial score (nSPS) is 20.1. The van der Waals surface area contributed by atoms with Gasteiger partial charge >= 0.3 is 0 Å². The Kier molecular flexibility index (Phi) is 3.63. The molecule has 1 atom stereocenters. The van der Waals surface area contributed by atoms with Crippen LogP contribution >= 0.6 is 0 Å². The maximum absolute atomic E-state index is 13.3. The van der Waals surface area contributed by atoms with E-state index >= 15 is 0 Å². The minimum Gasteiger partial charge on any atom is -0.379 e. The van der Waals surface area contributed by atoms with E-state index in [0.29, 0.717) is 17.1 Å². The van der Waals surface area contributed by atoms with Crippen LogP contribution < -0.4 is 5.32 Å². The zero-order valence-corrected chi connectivity index (χ0v) is 13.1. The first-order valence-electron chi connectivity index (χ1n) is 7.20. The Morgan fingerprint density at radius 3 is 2.87 bits per heavy atom. The Morgan fingerprint density at radius 2 is 2.22 bits per heavy atom. The summed E-state index contributed by atoms with van der Waals surface area (Å²) < 4.78 is 14.9. The predicted octanol–water partition coefficient (Wildman–Crippen LogP) is 2.39. The number of aromatic nitrogens is 2. The fourth-order valence-corrected chi connectivity index (χ4v) is 2.46. The van der Waals surface area contributed by atoms with Crippen molar-refractivity contribution in [2.75, 3.05) is 5.32 Å². The van der Waals surface area contributed by atoms with Gasteiger partial charge in [-0.05, 0) is 26.0 Å². The topological polar surface area (TPSA) is 68.5 Å². The lowest BCUT2D eigenvalue weighted by Gasteiger charge is -2.20. The molecule has 23 heavy (non-hydrogen) atoms. The zero-order chi connectivity index (χ0) is 16.6. The minimum absolute atomic E-state index is 0.263. The number of oxime groups is 1. The summed E-state index contributed by atoms with van der Waals surface area (Å²) in [5.74, 6) is -0.0965. The Morgan fingerprint density at radius 1 is 1.43 bits per heavy atom. The van der Waals surface area contributed by atoms with Gasteiger partial charge in [-0.15, -0.1) is 0 Å². The van der Waals surface area contributed by atoms with Gasteiger partial charge in [0.1, 0.15) is 11.6 Å². The third kappa shape index (κ3) is 2.94. The van der Waals surface area contributed by atoms with Gasteiger partial charge in [-0.25, -0.2) is 4.39 Å². The molecule has 3 rings (SSSR count). The van der Waals surface area contributed by atoms with Gasteiger partial charge in [0.05, 0.1) is 11.4 Å². The quantitative estimate of drug-likeness (QED) is 0.945. The average Bonchev–Trinajstić information content (AvgIpc) is 3.03. The monoisotopic (exact) mass is 316 g/mol. The van der Waals surface area contributed by atoms with E-state index in [1.807, 2.05) is 6.92 Å². The Labute approximate surface area is 132 Å². The first-order chi connectivity index (χ1) is 10.9. The van der Waals surface area contributed by atoms with Gasteiger partial charge in [-0.1, -0.05) is 17.3 Å². The number of halogens is 1. The molecule has 2 heterocycles. The molecule has 0 aliphatic carbocycles. The smallest absolute Gasteiger partial charge is 0.272 e. The molecule has 1 aromatic heterocycles. The number of nitrogens with one attached hydrogen (secondary N) is 1. The molecule has 1 aliphatic heterocycles. The standard InChI is InChI=1S/C16H17FN4O2/c1-10-7-14(21(3)19-10)18-15(22)16(2)9-13(20-23-16)11-5-4-6-12(17)8-11/h4-8H,9H2,1-3H3,(H,18,22)/t16-/m0/s1. The molecule has 0 unspecified atom stereocenters. The predicted molar refractivity (Wildman–Crippen MR) is 83.6 cm³/mol. The third-order valence-electron chi connectivity index (χ3n) is 3.74. The van der Waals surface area contributed by atoms with Gasteiger partial charge in [0, 0.05) is 25.1 Å². The van der Waals surface area contributed by atoms with E-state index in [2.05, 4.69) is 15.6 Å². The molecular weight excluding hydrogens is 299 g/mol. The first kappa shape index (κ1) is 15.2. The summed E-state index contributed by atoms with van der Waals surface area (Å²) >= 11 is 0. The van der Waals surface area contributed by atoms with Crippen LogP contribution in [0.1, 0.15) is 24.6 Å². The van der Waals surface area contributed by atoms with Crippen molar-refractivity contribution in [2.45, 2.75) is 25.9 Å². The number of amides is 1. The number of anilines is 1. The highest BCUT2D eigenvalue weighted by atomic mass is 19.1. The lowest BCUT2D eigenvalue weighted by molar-refractivity contribution is -0.136. The second-order valence-electron chi connectivity index (χ2n) is 5.80. The van der Waals surface area contributed by atoms with Crippen LogP contribution in [-0.4, -0.2) is 27.0 Å². The van der Waals surface area contributed by atoms with Gasteiger partial charge < -0.3 is 10.2 Å². The highest BCUT2D eigenvalue weighted by molar-refractivity contribution is 6.07. The maximum Gasteiger partial charge on any atom is 0.272 e.